The van der Waals surface area contributed by atoms with Gasteiger partial charge in [-0.25, -0.2) is 4.79 Å². The van der Waals surface area contributed by atoms with Crippen molar-refractivity contribution in [3.63, 3.8) is 0 Å². The second-order valence-electron chi connectivity index (χ2n) is 8.55. The average Bonchev–Trinajstić information content (AvgIpc) is 3.05. The van der Waals surface area contributed by atoms with Gasteiger partial charge in [0.15, 0.2) is 0 Å². The molecule has 0 amide bonds. The number of halogens is 2. The smallest absolute Gasteiger partial charge is 0.337 e. The molecule has 32 heavy (non-hydrogen) atoms. The molecule has 0 radical (unpaired) electrons. The number of benzene rings is 2. The molecule has 0 saturated carbocycles. The van der Waals surface area contributed by atoms with Crippen LogP contribution < -0.4 is 4.90 Å². The number of hydrogen-bond donors (Lipinski definition) is 0. The summed E-state index contributed by atoms with van der Waals surface area (Å²) in [6.45, 7) is 3.93. The van der Waals surface area contributed by atoms with Gasteiger partial charge in [-0.15, -0.1) is 0 Å². The van der Waals surface area contributed by atoms with Crippen LogP contribution in [0.4, 0.5) is 5.69 Å². The van der Waals surface area contributed by atoms with Crippen molar-refractivity contribution >= 4 is 44.8 Å². The lowest BCUT2D eigenvalue weighted by Crippen LogP contribution is -2.51. The Balaban J connectivity index is 1.45. The normalized spacial score (nSPS) is 20.2. The molecule has 4 rings (SSSR count). The van der Waals surface area contributed by atoms with Crippen molar-refractivity contribution in [1.82, 2.24) is 4.90 Å². The zero-order valence-corrected chi connectivity index (χ0v) is 20.9. The van der Waals surface area contributed by atoms with Gasteiger partial charge in [-0.1, -0.05) is 51.7 Å². The molecule has 0 aromatic heterocycles. The van der Waals surface area contributed by atoms with Crippen molar-refractivity contribution in [2.24, 2.45) is 0 Å². The van der Waals surface area contributed by atoms with Gasteiger partial charge in [-0.2, -0.15) is 0 Å². The maximum Gasteiger partial charge on any atom is 0.337 e. The van der Waals surface area contributed by atoms with E-state index < -0.39 is 0 Å². The summed E-state index contributed by atoms with van der Waals surface area (Å²) in [6, 6.07) is 16.0. The van der Waals surface area contributed by atoms with Gasteiger partial charge in [0.2, 0.25) is 0 Å². The van der Waals surface area contributed by atoms with Crippen molar-refractivity contribution in [2.75, 3.05) is 38.2 Å². The largest absolute Gasteiger partial charge is 0.465 e. The molecule has 4 nitrogen and oxygen atoms in total. The third kappa shape index (κ3) is 5.56. The Kier molecular flexibility index (Phi) is 7.93. The summed E-state index contributed by atoms with van der Waals surface area (Å²) in [5, 5.41) is 0.794. The van der Waals surface area contributed by atoms with E-state index in [0.717, 1.165) is 43.3 Å². The van der Waals surface area contributed by atoms with Gasteiger partial charge in [0.1, 0.15) is 0 Å². The first-order valence-corrected chi connectivity index (χ1v) is 12.6. The Morgan fingerprint density at radius 2 is 1.75 bits per heavy atom. The van der Waals surface area contributed by atoms with Crippen LogP contribution in [-0.4, -0.2) is 49.1 Å². The highest BCUT2D eigenvalue weighted by Gasteiger charge is 2.26. The highest BCUT2D eigenvalue weighted by molar-refractivity contribution is 9.09. The van der Waals surface area contributed by atoms with Gasteiger partial charge < -0.3 is 9.64 Å². The zero-order valence-electron chi connectivity index (χ0n) is 18.5. The minimum atomic E-state index is -0.301. The number of allylic oxidation sites excluding steroid dienone is 1. The third-order valence-corrected chi connectivity index (χ3v) is 7.50. The van der Waals surface area contributed by atoms with Crippen LogP contribution in [0, 0.1) is 0 Å². The van der Waals surface area contributed by atoms with Crippen LogP contribution in [0.3, 0.4) is 0 Å². The summed E-state index contributed by atoms with van der Waals surface area (Å²) >= 11 is 10.0. The number of esters is 1. The fourth-order valence-electron chi connectivity index (χ4n) is 4.72. The standard InChI is InChI=1S/C26H30BrClN2O2/c1-32-26(31)20-9-13-23(14-10-20)30-16-15-29(18-25(30)27)17-21-5-3-2-4-6-24(21)19-7-11-22(28)12-8-19/h7-14,25H,2-6,15-18H2,1H3. The topological polar surface area (TPSA) is 32.8 Å². The SMILES string of the molecule is COC(=O)c1ccc(N2CCN(CC3=C(c4ccc(Cl)cc4)CCCCC3)CC2Br)cc1. The number of rotatable bonds is 5. The van der Waals surface area contributed by atoms with E-state index >= 15 is 0 Å². The molecule has 2 aromatic carbocycles. The third-order valence-electron chi connectivity index (χ3n) is 6.46. The molecule has 0 N–H and O–H groups in total. The fraction of sp³-hybridized carbons (Fsp3) is 0.423. The van der Waals surface area contributed by atoms with E-state index in [1.54, 1.807) is 5.57 Å². The number of hydrogen-bond acceptors (Lipinski definition) is 4. The number of ether oxygens (including phenoxy) is 1. The lowest BCUT2D eigenvalue weighted by atomic mass is 9.95. The summed E-state index contributed by atoms with van der Waals surface area (Å²) in [4.78, 5) is 16.9. The van der Waals surface area contributed by atoms with E-state index in [2.05, 4.69) is 37.9 Å². The second-order valence-corrected chi connectivity index (χ2v) is 10.0. The van der Waals surface area contributed by atoms with Gasteiger partial charge in [0, 0.05) is 36.9 Å². The number of carbonyl (C=O) groups is 1. The quantitative estimate of drug-likeness (QED) is 0.261. The lowest BCUT2D eigenvalue weighted by Gasteiger charge is -2.40. The summed E-state index contributed by atoms with van der Waals surface area (Å²) in [5.74, 6) is -0.301. The van der Waals surface area contributed by atoms with Crippen LogP contribution in [0.15, 0.2) is 54.1 Å². The van der Waals surface area contributed by atoms with E-state index in [4.69, 9.17) is 16.3 Å². The Hall–Kier alpha value is -1.82. The number of carbonyl (C=O) groups excluding carboxylic acids is 1. The minimum Gasteiger partial charge on any atom is -0.465 e. The van der Waals surface area contributed by atoms with Crippen LogP contribution in [-0.2, 0) is 4.74 Å². The van der Waals surface area contributed by atoms with Crippen LogP contribution >= 0.6 is 27.5 Å². The molecule has 0 spiro atoms. The lowest BCUT2D eigenvalue weighted by molar-refractivity contribution is 0.0601. The van der Waals surface area contributed by atoms with Crippen molar-refractivity contribution in [1.29, 1.82) is 0 Å². The van der Waals surface area contributed by atoms with E-state index in [1.807, 2.05) is 36.4 Å². The molecule has 1 saturated heterocycles. The molecule has 170 valence electrons. The molecule has 1 heterocycles. The van der Waals surface area contributed by atoms with Gasteiger partial charge in [-0.05, 0) is 73.2 Å². The van der Waals surface area contributed by atoms with Crippen LogP contribution in [0.25, 0.3) is 5.57 Å². The van der Waals surface area contributed by atoms with E-state index in [-0.39, 0.29) is 10.9 Å². The summed E-state index contributed by atoms with van der Waals surface area (Å²) in [7, 11) is 1.41. The van der Waals surface area contributed by atoms with Crippen molar-refractivity contribution in [2.45, 2.75) is 37.1 Å². The monoisotopic (exact) mass is 516 g/mol. The second kappa shape index (κ2) is 10.9. The Morgan fingerprint density at radius 1 is 1.03 bits per heavy atom. The maximum absolute atomic E-state index is 11.7. The van der Waals surface area contributed by atoms with E-state index in [0.29, 0.717) is 5.56 Å². The molecule has 0 bridgehead atoms. The first-order valence-electron chi connectivity index (χ1n) is 11.3. The minimum absolute atomic E-state index is 0.227. The number of piperazine rings is 1. The first-order chi connectivity index (χ1) is 15.5. The van der Waals surface area contributed by atoms with E-state index in [9.17, 15) is 4.79 Å². The van der Waals surface area contributed by atoms with Crippen LogP contribution in [0.2, 0.25) is 5.02 Å². The van der Waals surface area contributed by atoms with Crippen molar-refractivity contribution in [3.8, 4) is 0 Å². The fourth-order valence-corrected chi connectivity index (χ4v) is 5.70. The molecule has 6 heteroatoms. The van der Waals surface area contributed by atoms with Gasteiger partial charge in [0.05, 0.1) is 17.6 Å². The van der Waals surface area contributed by atoms with Crippen molar-refractivity contribution < 1.29 is 9.53 Å². The Labute approximate surface area is 204 Å². The predicted molar refractivity (Wildman–Crippen MR) is 136 cm³/mol. The highest BCUT2D eigenvalue weighted by atomic mass is 79.9. The molecule has 1 fully saturated rings. The highest BCUT2D eigenvalue weighted by Crippen LogP contribution is 2.33. The summed E-state index contributed by atoms with van der Waals surface area (Å²) < 4.78 is 4.80. The molecule has 1 aliphatic carbocycles. The number of alkyl halides is 1. The van der Waals surface area contributed by atoms with Gasteiger partial charge in [-0.3, -0.25) is 4.90 Å². The molecule has 1 unspecified atom stereocenters. The molecule has 2 aliphatic rings. The van der Waals surface area contributed by atoms with Crippen molar-refractivity contribution in [3.05, 3.63) is 70.3 Å². The van der Waals surface area contributed by atoms with Crippen LogP contribution in [0.5, 0.6) is 0 Å². The molecular formula is C26H30BrClN2O2. The summed E-state index contributed by atoms with van der Waals surface area (Å²) in [5.41, 5.74) is 6.13. The van der Waals surface area contributed by atoms with Crippen LogP contribution in [0.1, 0.15) is 48.0 Å². The predicted octanol–water partition coefficient (Wildman–Crippen LogP) is 6.39. The average molecular weight is 518 g/mol. The molecular weight excluding hydrogens is 488 g/mol. The molecule has 1 aliphatic heterocycles. The van der Waals surface area contributed by atoms with Gasteiger partial charge >= 0.3 is 5.97 Å². The Bertz CT molecular complexity index is 959. The molecule has 2 aromatic rings. The van der Waals surface area contributed by atoms with Gasteiger partial charge in [0.25, 0.3) is 0 Å². The summed E-state index contributed by atoms with van der Waals surface area (Å²) in [6.07, 6.45) is 6.17. The zero-order chi connectivity index (χ0) is 22.5. The number of anilines is 1. The maximum atomic E-state index is 11.7. The van der Waals surface area contributed by atoms with E-state index in [1.165, 1.54) is 43.9 Å². The first kappa shape index (κ1) is 23.3. The number of nitrogens with zero attached hydrogens (tertiary/aromatic N) is 2. The Morgan fingerprint density at radius 3 is 2.44 bits per heavy atom. The number of methoxy groups -OCH3 is 1. The molecule has 1 atom stereocenters.